The number of piperidine rings is 1. The molecule has 170 valence electrons. The van der Waals surface area contributed by atoms with Gasteiger partial charge in [0.25, 0.3) is 0 Å². The van der Waals surface area contributed by atoms with Gasteiger partial charge in [0.15, 0.2) is 0 Å². The Hall–Kier alpha value is -3.23. The predicted octanol–water partition coefficient (Wildman–Crippen LogP) is 4.58. The number of carbonyl (C=O) groups excluding carboxylic acids is 1. The smallest absolute Gasteiger partial charge is 0.410 e. The average molecular weight is 442 g/mol. The van der Waals surface area contributed by atoms with Crippen LogP contribution in [0.2, 0.25) is 0 Å². The van der Waals surface area contributed by atoms with Gasteiger partial charge in [0.1, 0.15) is 24.1 Å². The fourth-order valence-electron chi connectivity index (χ4n) is 4.49. The van der Waals surface area contributed by atoms with Crippen molar-refractivity contribution in [2.24, 2.45) is 0 Å². The van der Waals surface area contributed by atoms with E-state index in [1.165, 1.54) is 12.4 Å². The Kier molecular flexibility index (Phi) is 6.25. The number of aromatic nitrogens is 2. The molecule has 2 bridgehead atoms. The highest BCUT2D eigenvalue weighted by atomic mass is 19.1. The quantitative estimate of drug-likeness (QED) is 0.636. The summed E-state index contributed by atoms with van der Waals surface area (Å²) >= 11 is 0. The largest absolute Gasteiger partial charge is 0.474 e. The fourth-order valence-corrected chi connectivity index (χ4v) is 4.49. The summed E-state index contributed by atoms with van der Waals surface area (Å²) in [4.78, 5) is 22.7. The summed E-state index contributed by atoms with van der Waals surface area (Å²) in [6.07, 6.45) is 5.04. The molecule has 2 aliphatic rings. The molecule has 0 aliphatic carbocycles. The number of nitrogens with zero attached hydrogens (tertiary/aromatic N) is 3. The summed E-state index contributed by atoms with van der Waals surface area (Å²) in [5.74, 6) is 0.167. The van der Waals surface area contributed by atoms with E-state index in [9.17, 15) is 9.18 Å². The van der Waals surface area contributed by atoms with E-state index < -0.39 is 5.82 Å². The van der Waals surface area contributed by atoms with Gasteiger partial charge in [0, 0.05) is 31.1 Å². The summed E-state index contributed by atoms with van der Waals surface area (Å²) in [5.41, 5.74) is 1.42. The molecular formula is C23H28FN5O3. The summed E-state index contributed by atoms with van der Waals surface area (Å²) in [5, 5.41) is 10.8. The predicted molar refractivity (Wildman–Crippen MR) is 118 cm³/mol. The number of nitrogens with one attached hydrogen (secondary N) is 2. The number of rotatable bonds is 6. The Balaban J connectivity index is 1.49. The molecular weight excluding hydrogens is 413 g/mol. The minimum Gasteiger partial charge on any atom is -0.474 e. The molecule has 2 saturated heterocycles. The van der Waals surface area contributed by atoms with E-state index in [1.807, 2.05) is 25.7 Å². The van der Waals surface area contributed by atoms with Crippen molar-refractivity contribution in [1.29, 1.82) is 5.41 Å². The third kappa shape index (κ3) is 4.51. The van der Waals surface area contributed by atoms with Crippen molar-refractivity contribution in [3.8, 4) is 5.88 Å². The lowest BCUT2D eigenvalue weighted by atomic mass is 10.0. The molecule has 2 aromatic rings. The van der Waals surface area contributed by atoms with Crippen LogP contribution in [0.25, 0.3) is 0 Å². The molecule has 9 heteroatoms. The van der Waals surface area contributed by atoms with Crippen LogP contribution in [-0.2, 0) is 4.74 Å². The Morgan fingerprint density at radius 3 is 2.62 bits per heavy atom. The molecule has 1 amide bonds. The van der Waals surface area contributed by atoms with Crippen molar-refractivity contribution in [1.82, 2.24) is 14.9 Å². The number of carbonyl (C=O) groups is 1. The summed E-state index contributed by atoms with van der Waals surface area (Å²) < 4.78 is 25.9. The van der Waals surface area contributed by atoms with Crippen LogP contribution in [0, 0.1) is 18.2 Å². The van der Waals surface area contributed by atoms with Gasteiger partial charge in [0.05, 0.1) is 17.4 Å². The van der Waals surface area contributed by atoms with E-state index in [1.54, 1.807) is 12.1 Å². The number of hydrogen-bond acceptors (Lipinski definition) is 7. The van der Waals surface area contributed by atoms with E-state index >= 15 is 0 Å². The number of amides is 1. The van der Waals surface area contributed by atoms with Gasteiger partial charge in [-0.15, -0.1) is 0 Å². The molecule has 0 saturated carbocycles. The van der Waals surface area contributed by atoms with Crippen molar-refractivity contribution < 1.29 is 18.7 Å². The third-order valence-corrected chi connectivity index (χ3v) is 5.88. The van der Waals surface area contributed by atoms with Crippen LogP contribution in [-0.4, -0.2) is 51.5 Å². The maximum atomic E-state index is 14.3. The second-order valence-electron chi connectivity index (χ2n) is 8.63. The highest BCUT2D eigenvalue weighted by Crippen LogP contribution is 2.38. The number of hydrogen-bond donors (Lipinski definition) is 2. The first-order valence-electron chi connectivity index (χ1n) is 10.9. The molecule has 2 unspecified atom stereocenters. The lowest BCUT2D eigenvalue weighted by Gasteiger charge is -2.38. The van der Waals surface area contributed by atoms with Crippen molar-refractivity contribution in [2.45, 2.75) is 70.7 Å². The molecule has 0 spiro atoms. The maximum Gasteiger partial charge on any atom is 0.410 e. The van der Waals surface area contributed by atoms with Crippen LogP contribution < -0.4 is 10.1 Å². The fraction of sp³-hybridized carbons (Fsp3) is 0.478. The SMILES string of the molecule is Cc1ccc(Nc2ncnc(OC3CC4CCC(C3)N4C(=O)OC(C)C)c2C=N)c(F)c1. The van der Waals surface area contributed by atoms with Gasteiger partial charge in [-0.2, -0.15) is 0 Å². The minimum atomic E-state index is -0.403. The summed E-state index contributed by atoms with van der Waals surface area (Å²) in [6, 6.07) is 4.98. The normalized spacial score (nSPS) is 22.0. The lowest BCUT2D eigenvalue weighted by Crippen LogP contribution is -2.50. The zero-order valence-corrected chi connectivity index (χ0v) is 18.5. The van der Waals surface area contributed by atoms with Crippen molar-refractivity contribution >= 4 is 23.8 Å². The molecule has 2 N–H and O–H groups in total. The third-order valence-electron chi connectivity index (χ3n) is 5.88. The Labute approximate surface area is 186 Å². The first kappa shape index (κ1) is 22.0. The molecule has 2 aliphatic heterocycles. The highest BCUT2D eigenvalue weighted by Gasteiger charge is 2.45. The molecule has 1 aromatic heterocycles. The minimum absolute atomic E-state index is 0.0644. The maximum absolute atomic E-state index is 14.3. The summed E-state index contributed by atoms with van der Waals surface area (Å²) in [6.45, 7) is 5.50. The van der Waals surface area contributed by atoms with Crippen LogP contribution in [0.1, 0.15) is 50.7 Å². The average Bonchev–Trinajstić information content (AvgIpc) is 3.01. The molecule has 3 heterocycles. The van der Waals surface area contributed by atoms with Crippen LogP contribution in [0.15, 0.2) is 24.5 Å². The van der Waals surface area contributed by atoms with E-state index in [0.29, 0.717) is 24.2 Å². The number of halogens is 1. The Morgan fingerprint density at radius 1 is 1.28 bits per heavy atom. The van der Waals surface area contributed by atoms with Crippen LogP contribution in [0.4, 0.5) is 20.7 Å². The van der Waals surface area contributed by atoms with Gasteiger partial charge in [0.2, 0.25) is 5.88 Å². The molecule has 4 rings (SSSR count). The molecule has 1 aromatic carbocycles. The lowest BCUT2D eigenvalue weighted by molar-refractivity contribution is 0.0208. The first-order valence-corrected chi connectivity index (χ1v) is 10.9. The standard InChI is InChI=1S/C23H28FN5O3/c1-13(2)31-23(30)29-15-5-6-16(29)10-17(9-15)32-22-18(11-25)21(26-12-27-22)28-20-7-4-14(3)8-19(20)24/h4,7-8,11-13,15-17,25H,5-6,9-10H2,1-3H3,(H,26,27,28). The Morgan fingerprint density at radius 2 is 2.00 bits per heavy atom. The second-order valence-corrected chi connectivity index (χ2v) is 8.63. The number of benzene rings is 1. The zero-order chi connectivity index (χ0) is 22.8. The zero-order valence-electron chi connectivity index (χ0n) is 18.5. The van der Waals surface area contributed by atoms with Crippen LogP contribution in [0.3, 0.4) is 0 Å². The van der Waals surface area contributed by atoms with Gasteiger partial charge in [-0.1, -0.05) is 6.07 Å². The molecule has 0 radical (unpaired) electrons. The van der Waals surface area contributed by atoms with Crippen molar-refractivity contribution in [3.05, 3.63) is 41.5 Å². The summed E-state index contributed by atoms with van der Waals surface area (Å²) in [7, 11) is 0. The van der Waals surface area contributed by atoms with E-state index in [0.717, 1.165) is 24.6 Å². The van der Waals surface area contributed by atoms with Gasteiger partial charge >= 0.3 is 6.09 Å². The number of aryl methyl sites for hydroxylation is 1. The topological polar surface area (TPSA) is 100 Å². The highest BCUT2D eigenvalue weighted by molar-refractivity contribution is 5.88. The van der Waals surface area contributed by atoms with Gasteiger partial charge in [-0.3, -0.25) is 0 Å². The van der Waals surface area contributed by atoms with Crippen molar-refractivity contribution in [2.75, 3.05) is 5.32 Å². The first-order chi connectivity index (χ1) is 15.4. The van der Waals surface area contributed by atoms with E-state index in [4.69, 9.17) is 14.9 Å². The van der Waals surface area contributed by atoms with Crippen LogP contribution in [0.5, 0.6) is 5.88 Å². The van der Waals surface area contributed by atoms with Gasteiger partial charge < -0.3 is 25.1 Å². The Bertz CT molecular complexity index is 1000. The number of ether oxygens (including phenoxy) is 2. The second kappa shape index (κ2) is 9.10. The van der Waals surface area contributed by atoms with E-state index in [2.05, 4.69) is 15.3 Å². The van der Waals surface area contributed by atoms with Gasteiger partial charge in [-0.05, 0) is 51.3 Å². The number of fused-ring (bicyclic) bond motifs is 2. The van der Waals surface area contributed by atoms with Gasteiger partial charge in [-0.25, -0.2) is 19.2 Å². The van der Waals surface area contributed by atoms with E-state index in [-0.39, 0.29) is 42.0 Å². The number of anilines is 2. The monoisotopic (exact) mass is 441 g/mol. The molecule has 32 heavy (non-hydrogen) atoms. The van der Waals surface area contributed by atoms with Crippen molar-refractivity contribution in [3.63, 3.8) is 0 Å². The molecule has 2 atom stereocenters. The molecule has 8 nitrogen and oxygen atoms in total. The molecule has 2 fully saturated rings. The van der Waals surface area contributed by atoms with Crippen LogP contribution >= 0.6 is 0 Å².